The van der Waals surface area contributed by atoms with E-state index in [0.29, 0.717) is 5.52 Å². The van der Waals surface area contributed by atoms with E-state index in [-0.39, 0.29) is 23.4 Å². The number of nitrogens with zero attached hydrogens (tertiary/aromatic N) is 1. The minimum Gasteiger partial charge on any atom is -0.326 e. The van der Waals surface area contributed by atoms with E-state index in [1.807, 2.05) is 0 Å². The van der Waals surface area contributed by atoms with Crippen LogP contribution in [-0.2, 0) is 0 Å². The van der Waals surface area contributed by atoms with Crippen molar-refractivity contribution in [2.75, 3.05) is 0 Å². The zero-order valence-corrected chi connectivity index (χ0v) is 7.38. The van der Waals surface area contributed by atoms with Crippen molar-refractivity contribution in [3.05, 3.63) is 51.3 Å². The second-order valence-corrected chi connectivity index (χ2v) is 2.44. The van der Waals surface area contributed by atoms with Gasteiger partial charge in [0.1, 0.15) is 5.52 Å². The average Bonchev–Trinajstić information content (AvgIpc) is 2.07. The topological polar surface area (TPSA) is 54.3 Å². The van der Waals surface area contributed by atoms with Crippen molar-refractivity contribution in [3.63, 3.8) is 0 Å². The molecule has 0 unspecified atom stereocenters. The molecule has 0 bridgehead atoms. The van der Waals surface area contributed by atoms with Gasteiger partial charge in [-0.05, 0) is 0 Å². The Labute approximate surface area is 79.3 Å². The van der Waals surface area contributed by atoms with Crippen molar-refractivity contribution in [2.45, 2.75) is 0 Å². The second-order valence-electron chi connectivity index (χ2n) is 2.44. The molecule has 2 aromatic rings. The van der Waals surface area contributed by atoms with Gasteiger partial charge < -0.3 is 9.38 Å². The molecule has 0 saturated heterocycles. The van der Waals surface area contributed by atoms with Crippen LogP contribution in [0.2, 0.25) is 0 Å². The first-order chi connectivity index (χ1) is 5.77. The van der Waals surface area contributed by atoms with E-state index in [1.165, 1.54) is 18.3 Å². The molecule has 4 nitrogen and oxygen atoms in total. The number of fused-ring (bicyclic) bond motifs is 1. The van der Waals surface area contributed by atoms with Gasteiger partial charge in [-0.3, -0.25) is 9.59 Å². The maximum absolute atomic E-state index is 11.1. The largest absolute Gasteiger partial charge is 0.326 e. The molecule has 0 saturated carbocycles. The molecule has 2 rings (SSSR count). The number of halogens is 1. The van der Waals surface area contributed by atoms with Gasteiger partial charge >= 0.3 is 0 Å². The number of hydrogen-bond donors (Lipinski definition) is 1. The molecule has 2 heterocycles. The van der Waals surface area contributed by atoms with Gasteiger partial charge in [-0.25, -0.2) is 0 Å². The molecule has 0 aliphatic rings. The lowest BCUT2D eigenvalue weighted by molar-refractivity contribution is 1.08. The number of H-pyrrole nitrogens is 1. The van der Waals surface area contributed by atoms with Gasteiger partial charge in [0, 0.05) is 30.7 Å². The van der Waals surface area contributed by atoms with Gasteiger partial charge in [-0.15, -0.1) is 12.4 Å². The van der Waals surface area contributed by atoms with Crippen molar-refractivity contribution in [3.8, 4) is 0 Å². The highest BCUT2D eigenvalue weighted by Gasteiger charge is 1.94. The fourth-order valence-electron chi connectivity index (χ4n) is 1.07. The molecular formula is C8H7ClN2O2. The Morgan fingerprint density at radius 2 is 2.00 bits per heavy atom. The monoisotopic (exact) mass is 198 g/mol. The highest BCUT2D eigenvalue weighted by Crippen LogP contribution is 1.88. The standard InChI is InChI=1S/C8H6N2O2.ClH/c11-6-1-3-10-4-2-9-8(12)7(10)5-6;/h1-5H,(H,9,12);1H. The minimum absolute atomic E-state index is 0. The van der Waals surface area contributed by atoms with Crippen molar-refractivity contribution in [2.24, 2.45) is 0 Å². The van der Waals surface area contributed by atoms with E-state index >= 15 is 0 Å². The zero-order valence-electron chi connectivity index (χ0n) is 6.56. The lowest BCUT2D eigenvalue weighted by Crippen LogP contribution is -2.12. The molecule has 0 spiro atoms. The van der Waals surface area contributed by atoms with E-state index in [1.54, 1.807) is 16.8 Å². The highest BCUT2D eigenvalue weighted by molar-refractivity contribution is 5.85. The van der Waals surface area contributed by atoms with Crippen LogP contribution in [0, 0.1) is 0 Å². The van der Waals surface area contributed by atoms with E-state index in [4.69, 9.17) is 0 Å². The van der Waals surface area contributed by atoms with Crippen LogP contribution in [0.15, 0.2) is 40.3 Å². The second kappa shape index (κ2) is 3.45. The summed E-state index contributed by atoms with van der Waals surface area (Å²) in [5, 5.41) is 0. The molecule has 0 aliphatic carbocycles. The van der Waals surface area contributed by atoms with Crippen LogP contribution in [0.3, 0.4) is 0 Å². The Balaban J connectivity index is 0.000000845. The first kappa shape index (κ1) is 9.54. The third-order valence-corrected chi connectivity index (χ3v) is 1.64. The Morgan fingerprint density at radius 3 is 2.77 bits per heavy atom. The molecule has 0 fully saturated rings. The molecule has 2 aromatic heterocycles. The molecule has 0 aliphatic heterocycles. The maximum atomic E-state index is 11.1. The third kappa shape index (κ3) is 1.62. The van der Waals surface area contributed by atoms with Crippen LogP contribution in [0.1, 0.15) is 0 Å². The Morgan fingerprint density at radius 1 is 1.23 bits per heavy atom. The molecule has 0 aromatic carbocycles. The SMILES string of the molecule is Cl.O=c1ccn2cc[nH]c(=O)c2c1. The Hall–Kier alpha value is -1.55. The predicted molar refractivity (Wildman–Crippen MR) is 51.5 cm³/mol. The molecule has 0 amide bonds. The smallest absolute Gasteiger partial charge is 0.272 e. The normalized spacial score (nSPS) is 9.54. The summed E-state index contributed by atoms with van der Waals surface area (Å²) in [5.74, 6) is 0. The Kier molecular flexibility index (Phi) is 2.53. The van der Waals surface area contributed by atoms with Crippen molar-refractivity contribution in [1.82, 2.24) is 9.38 Å². The molecule has 1 N–H and O–H groups in total. The van der Waals surface area contributed by atoms with Gasteiger partial charge in [-0.1, -0.05) is 0 Å². The predicted octanol–water partition coefficient (Wildman–Crippen LogP) is 0.410. The number of nitrogens with one attached hydrogen (secondary N) is 1. The van der Waals surface area contributed by atoms with Crippen LogP contribution in [0.4, 0.5) is 0 Å². The number of aromatic amines is 1. The van der Waals surface area contributed by atoms with E-state index in [2.05, 4.69) is 4.98 Å². The molecule has 68 valence electrons. The third-order valence-electron chi connectivity index (χ3n) is 1.64. The molecular weight excluding hydrogens is 192 g/mol. The van der Waals surface area contributed by atoms with Crippen LogP contribution in [0.25, 0.3) is 5.52 Å². The molecule has 0 radical (unpaired) electrons. The van der Waals surface area contributed by atoms with Crippen LogP contribution >= 0.6 is 12.4 Å². The summed E-state index contributed by atoms with van der Waals surface area (Å²) in [7, 11) is 0. The van der Waals surface area contributed by atoms with Gasteiger partial charge in [0.05, 0.1) is 0 Å². The van der Waals surface area contributed by atoms with Gasteiger partial charge in [0.2, 0.25) is 0 Å². The summed E-state index contributed by atoms with van der Waals surface area (Å²) < 4.78 is 1.60. The average molecular weight is 199 g/mol. The number of rotatable bonds is 0. The summed E-state index contributed by atoms with van der Waals surface area (Å²) in [6.45, 7) is 0. The van der Waals surface area contributed by atoms with Crippen molar-refractivity contribution in [1.29, 1.82) is 0 Å². The summed E-state index contributed by atoms with van der Waals surface area (Å²) >= 11 is 0. The number of aromatic nitrogens is 2. The van der Waals surface area contributed by atoms with Gasteiger partial charge in [0.15, 0.2) is 5.43 Å². The first-order valence-corrected chi connectivity index (χ1v) is 3.47. The molecule has 13 heavy (non-hydrogen) atoms. The summed E-state index contributed by atoms with van der Waals surface area (Å²) in [5.41, 5.74) is -0.0492. The molecule has 5 heteroatoms. The zero-order chi connectivity index (χ0) is 8.55. The fraction of sp³-hybridized carbons (Fsp3) is 0. The highest BCUT2D eigenvalue weighted by atomic mass is 35.5. The number of pyridine rings is 1. The van der Waals surface area contributed by atoms with Crippen LogP contribution in [0.5, 0.6) is 0 Å². The fourth-order valence-corrected chi connectivity index (χ4v) is 1.07. The first-order valence-electron chi connectivity index (χ1n) is 3.47. The maximum Gasteiger partial charge on any atom is 0.272 e. The van der Waals surface area contributed by atoms with E-state index in [0.717, 1.165) is 0 Å². The van der Waals surface area contributed by atoms with Gasteiger partial charge in [0.25, 0.3) is 5.56 Å². The van der Waals surface area contributed by atoms with E-state index < -0.39 is 0 Å². The summed E-state index contributed by atoms with van der Waals surface area (Å²) in [6, 6.07) is 2.71. The lowest BCUT2D eigenvalue weighted by atomic mass is 10.4. The van der Waals surface area contributed by atoms with Crippen LogP contribution in [-0.4, -0.2) is 9.38 Å². The minimum atomic E-state index is -0.254. The summed E-state index contributed by atoms with van der Waals surface area (Å²) in [6.07, 6.45) is 4.77. The van der Waals surface area contributed by atoms with Crippen LogP contribution < -0.4 is 11.0 Å². The van der Waals surface area contributed by atoms with Crippen molar-refractivity contribution < 1.29 is 0 Å². The summed E-state index contributed by atoms with van der Waals surface area (Å²) in [4.78, 5) is 24.5. The molecule has 0 atom stereocenters. The quantitative estimate of drug-likeness (QED) is 0.667. The number of hydrogen-bond acceptors (Lipinski definition) is 2. The van der Waals surface area contributed by atoms with Crippen molar-refractivity contribution >= 4 is 17.9 Å². The van der Waals surface area contributed by atoms with E-state index in [9.17, 15) is 9.59 Å². The Bertz CT molecular complexity index is 529. The van der Waals surface area contributed by atoms with Gasteiger partial charge in [-0.2, -0.15) is 0 Å². The lowest BCUT2D eigenvalue weighted by Gasteiger charge is -1.95.